The van der Waals surface area contributed by atoms with Crippen LogP contribution in [0.25, 0.3) is 11.1 Å². The molecule has 1 unspecified atom stereocenters. The lowest BCUT2D eigenvalue weighted by molar-refractivity contribution is -0.123. The van der Waals surface area contributed by atoms with Crippen LogP contribution in [0.5, 0.6) is 5.75 Å². The molecule has 8 nitrogen and oxygen atoms in total. The number of aromatic hydroxyl groups is 1. The topological polar surface area (TPSA) is 135 Å². The van der Waals surface area contributed by atoms with Crippen LogP contribution in [0.3, 0.4) is 0 Å². The lowest BCUT2D eigenvalue weighted by Gasteiger charge is -2.47. The van der Waals surface area contributed by atoms with Crippen LogP contribution in [0, 0.1) is 5.82 Å². The zero-order valence-corrected chi connectivity index (χ0v) is 23.3. The Morgan fingerprint density at radius 3 is 2.15 bits per heavy atom. The highest BCUT2D eigenvalue weighted by Crippen LogP contribution is 2.45. The van der Waals surface area contributed by atoms with Gasteiger partial charge in [0, 0.05) is 27.8 Å². The summed E-state index contributed by atoms with van der Waals surface area (Å²) in [6.45, 7) is 0. The van der Waals surface area contributed by atoms with Gasteiger partial charge in [0.05, 0.1) is 17.5 Å². The molecule has 0 radical (unpaired) electrons. The average Bonchev–Trinajstić information content (AvgIpc) is 2.95. The number of carbonyl (C=O) groups excluding carboxylic acids is 1. The van der Waals surface area contributed by atoms with Crippen LogP contribution in [0.15, 0.2) is 97.1 Å². The van der Waals surface area contributed by atoms with Crippen molar-refractivity contribution in [1.29, 1.82) is 0 Å². The molecule has 11 heteroatoms. The van der Waals surface area contributed by atoms with Crippen molar-refractivity contribution in [3.63, 3.8) is 0 Å². The second-order valence-corrected chi connectivity index (χ2v) is 13.0. The third-order valence-corrected chi connectivity index (χ3v) is 9.73. The molecule has 4 aromatic rings. The molecule has 0 spiro atoms. The van der Waals surface area contributed by atoms with Gasteiger partial charge in [-0.3, -0.25) is 13.6 Å². The second kappa shape index (κ2) is 11.7. The number of β-lactam (4-membered cyclic amide) rings is 1. The highest BCUT2D eigenvalue weighted by molar-refractivity contribution is 7.86. The van der Waals surface area contributed by atoms with Crippen LogP contribution in [0.1, 0.15) is 29.7 Å². The molecule has 0 aliphatic carbocycles. The number of anilines is 1. The maximum atomic E-state index is 13.4. The quantitative estimate of drug-likeness (QED) is 0.167. The smallest absolute Gasteiger partial charge is 0.356 e. The van der Waals surface area contributed by atoms with Crippen LogP contribution >= 0.6 is 7.60 Å². The first-order valence-electron chi connectivity index (χ1n) is 12.7. The number of halogens is 1. The molecule has 4 atom stereocenters. The molecule has 4 N–H and O–H groups in total. The van der Waals surface area contributed by atoms with E-state index < -0.39 is 41.6 Å². The Hall–Kier alpha value is -3.66. The maximum absolute atomic E-state index is 13.4. The van der Waals surface area contributed by atoms with Gasteiger partial charge in [0.25, 0.3) is 0 Å². The number of aliphatic hydroxyl groups is 1. The number of rotatable bonds is 9. The van der Waals surface area contributed by atoms with Crippen molar-refractivity contribution in [1.82, 2.24) is 0 Å². The molecule has 212 valence electrons. The minimum atomic E-state index is -4.39. The molecular weight excluding hydrogens is 568 g/mol. The number of carbonyl (C=O) groups is 1. The van der Waals surface area contributed by atoms with Crippen molar-refractivity contribution in [2.45, 2.75) is 23.8 Å². The van der Waals surface area contributed by atoms with E-state index in [0.29, 0.717) is 27.9 Å². The standard InChI is InChI=1S/C30H27FNO7PS/c31-22-11-6-20(7-12-22)26(33)16-17-41(39)29-28(32(30(29)35)23-4-2-1-3-5-23)25-15-10-21(18-27(25)34)19-8-13-24(14-9-19)40(36,37)38/h1-15,18,26,28-29,33-34H,16-17H2,(H2,36,37,38)/t26-,28+,29+,41?/m0/s1. The molecule has 1 amide bonds. The summed E-state index contributed by atoms with van der Waals surface area (Å²) in [4.78, 5) is 33.5. The van der Waals surface area contributed by atoms with Crippen LogP contribution in [-0.2, 0) is 20.2 Å². The lowest BCUT2D eigenvalue weighted by Crippen LogP contribution is -2.61. The number of para-hydroxylation sites is 1. The number of nitrogens with zero attached hydrogens (tertiary/aromatic N) is 1. The van der Waals surface area contributed by atoms with E-state index in [1.807, 2.05) is 0 Å². The summed E-state index contributed by atoms with van der Waals surface area (Å²) in [5.74, 6) is -0.920. The highest BCUT2D eigenvalue weighted by Gasteiger charge is 2.53. The van der Waals surface area contributed by atoms with E-state index in [4.69, 9.17) is 0 Å². The normalized spacial score (nSPS) is 18.5. The summed E-state index contributed by atoms with van der Waals surface area (Å²) >= 11 is 0. The van der Waals surface area contributed by atoms with Crippen molar-refractivity contribution in [2.75, 3.05) is 10.7 Å². The Morgan fingerprint density at radius 2 is 1.54 bits per heavy atom. The summed E-state index contributed by atoms with van der Waals surface area (Å²) in [7, 11) is -6.10. The first-order valence-corrected chi connectivity index (χ1v) is 15.7. The second-order valence-electron chi connectivity index (χ2n) is 9.71. The predicted molar refractivity (Wildman–Crippen MR) is 155 cm³/mol. The van der Waals surface area contributed by atoms with Gasteiger partial charge in [-0.15, -0.1) is 0 Å². The van der Waals surface area contributed by atoms with Crippen molar-refractivity contribution in [3.05, 3.63) is 114 Å². The third kappa shape index (κ3) is 6.02. The molecule has 1 fully saturated rings. The molecule has 41 heavy (non-hydrogen) atoms. The maximum Gasteiger partial charge on any atom is 0.356 e. The first kappa shape index (κ1) is 28.9. The van der Waals surface area contributed by atoms with E-state index in [0.717, 1.165) is 0 Å². The Kier molecular flexibility index (Phi) is 8.22. The summed E-state index contributed by atoms with van der Waals surface area (Å²) in [5, 5.41) is 20.5. The van der Waals surface area contributed by atoms with Crippen LogP contribution in [0.2, 0.25) is 0 Å². The number of hydrogen-bond donors (Lipinski definition) is 4. The van der Waals surface area contributed by atoms with Crippen molar-refractivity contribution in [2.24, 2.45) is 0 Å². The average molecular weight is 596 g/mol. The number of amides is 1. The van der Waals surface area contributed by atoms with E-state index in [1.54, 1.807) is 42.5 Å². The molecule has 1 aliphatic rings. The molecular formula is C30H27FNO7PS. The van der Waals surface area contributed by atoms with Gasteiger partial charge in [-0.05, 0) is 65.6 Å². The monoisotopic (exact) mass is 595 g/mol. The van der Waals surface area contributed by atoms with Gasteiger partial charge in [0.2, 0.25) is 5.91 Å². The van der Waals surface area contributed by atoms with Gasteiger partial charge < -0.3 is 24.9 Å². The Labute approximate surface area is 238 Å². The highest BCUT2D eigenvalue weighted by atomic mass is 32.2. The zero-order chi connectivity index (χ0) is 29.3. The van der Waals surface area contributed by atoms with Gasteiger partial charge in [0.1, 0.15) is 16.8 Å². The van der Waals surface area contributed by atoms with E-state index in [9.17, 15) is 38.0 Å². The fraction of sp³-hybridized carbons (Fsp3) is 0.167. The number of phenols is 1. The van der Waals surface area contributed by atoms with Crippen LogP contribution in [0.4, 0.5) is 10.1 Å². The summed E-state index contributed by atoms with van der Waals surface area (Å²) < 4.78 is 38.2. The number of benzene rings is 4. The van der Waals surface area contributed by atoms with Gasteiger partial charge >= 0.3 is 7.60 Å². The van der Waals surface area contributed by atoms with Gasteiger partial charge in [-0.1, -0.05) is 54.6 Å². The zero-order valence-electron chi connectivity index (χ0n) is 21.6. The number of phenolic OH excluding ortho intramolecular Hbond substituents is 1. The molecule has 0 aromatic heterocycles. The molecule has 1 heterocycles. The largest absolute Gasteiger partial charge is 0.508 e. The Balaban J connectivity index is 1.41. The first-order chi connectivity index (χ1) is 19.5. The van der Waals surface area contributed by atoms with Gasteiger partial charge in [0.15, 0.2) is 0 Å². The molecule has 5 rings (SSSR count). The van der Waals surface area contributed by atoms with Crippen molar-refractivity contribution < 1.29 is 38.0 Å². The van der Waals surface area contributed by atoms with Crippen molar-refractivity contribution in [3.8, 4) is 16.9 Å². The summed E-state index contributed by atoms with van der Waals surface area (Å²) in [6.07, 6.45) is -0.890. The fourth-order valence-electron chi connectivity index (χ4n) is 4.93. The van der Waals surface area contributed by atoms with E-state index in [1.165, 1.54) is 59.5 Å². The van der Waals surface area contributed by atoms with E-state index >= 15 is 0 Å². The minimum Gasteiger partial charge on any atom is -0.508 e. The summed E-state index contributed by atoms with van der Waals surface area (Å²) in [6, 6.07) is 24.1. The lowest BCUT2D eigenvalue weighted by atomic mass is 9.90. The van der Waals surface area contributed by atoms with Crippen molar-refractivity contribution >= 4 is 35.3 Å². The molecule has 0 bridgehead atoms. The summed E-state index contributed by atoms with van der Waals surface area (Å²) in [5.41, 5.74) is 2.65. The molecule has 1 saturated heterocycles. The minimum absolute atomic E-state index is 0.0127. The van der Waals surface area contributed by atoms with E-state index in [2.05, 4.69) is 0 Å². The Bertz CT molecular complexity index is 1630. The van der Waals surface area contributed by atoms with Crippen LogP contribution in [-0.4, -0.2) is 41.1 Å². The van der Waals surface area contributed by atoms with E-state index in [-0.39, 0.29) is 29.1 Å². The SMILES string of the molecule is O=C1[C@H](S(=O)CC[C@H](O)c2ccc(F)cc2)[C@@H](c2ccc(-c3ccc(P(=O)(O)O)cc3)cc2O)N1c1ccccc1. The molecule has 0 saturated carbocycles. The molecule has 1 aliphatic heterocycles. The Morgan fingerprint density at radius 1 is 0.902 bits per heavy atom. The third-order valence-electron chi connectivity index (χ3n) is 7.10. The van der Waals surface area contributed by atoms with Crippen LogP contribution < -0.4 is 10.2 Å². The number of hydrogen-bond acceptors (Lipinski definition) is 5. The fourth-order valence-corrected chi connectivity index (χ4v) is 7.07. The number of aliphatic hydroxyl groups excluding tert-OH is 1. The van der Waals surface area contributed by atoms with Gasteiger partial charge in [-0.2, -0.15) is 0 Å². The predicted octanol–water partition coefficient (Wildman–Crippen LogP) is 4.33. The van der Waals surface area contributed by atoms with Gasteiger partial charge in [-0.25, -0.2) is 4.39 Å². The molecule has 4 aromatic carbocycles.